The van der Waals surface area contributed by atoms with Crippen LogP contribution in [0.15, 0.2) is 36.1 Å². The molecule has 2 saturated carbocycles. The summed E-state index contributed by atoms with van der Waals surface area (Å²) in [7, 11) is 0. The van der Waals surface area contributed by atoms with Crippen LogP contribution in [0.3, 0.4) is 0 Å². The second-order valence-corrected chi connectivity index (χ2v) is 8.41. The largest absolute Gasteiger partial charge is 0.459 e. The Bertz CT molecular complexity index is 689. The van der Waals surface area contributed by atoms with E-state index in [-0.39, 0.29) is 12.5 Å². The Morgan fingerprint density at radius 2 is 1.79 bits per heavy atom. The first-order valence-corrected chi connectivity index (χ1v) is 10.7. The molecular formula is C23H31NO4. The number of carbonyl (C=O) groups excluding carboxylic acids is 1. The zero-order valence-corrected chi connectivity index (χ0v) is 16.4. The topological polar surface area (TPSA) is 67.8 Å². The lowest BCUT2D eigenvalue weighted by molar-refractivity contribution is -0.156. The number of aliphatic hydroxyl groups excluding tert-OH is 1. The summed E-state index contributed by atoms with van der Waals surface area (Å²) in [6.45, 7) is 0.478. The zero-order chi connectivity index (χ0) is 19.3. The molecule has 1 aliphatic heterocycles. The van der Waals surface area contributed by atoms with Gasteiger partial charge in [-0.15, -0.1) is 0 Å². The van der Waals surface area contributed by atoms with Gasteiger partial charge in [0.1, 0.15) is 0 Å². The van der Waals surface area contributed by atoms with Crippen molar-refractivity contribution < 1.29 is 19.4 Å². The van der Waals surface area contributed by atoms with E-state index in [0.29, 0.717) is 30.2 Å². The molecule has 1 amide bonds. The van der Waals surface area contributed by atoms with Gasteiger partial charge in [-0.1, -0.05) is 43.5 Å². The Balaban J connectivity index is 1.40. The summed E-state index contributed by atoms with van der Waals surface area (Å²) in [6.07, 6.45) is 10.9. The number of amides is 1. The summed E-state index contributed by atoms with van der Waals surface area (Å²) in [5.41, 5.74) is 1.92. The van der Waals surface area contributed by atoms with E-state index in [2.05, 4.69) is 11.4 Å². The van der Waals surface area contributed by atoms with Crippen molar-refractivity contribution in [2.24, 2.45) is 11.8 Å². The zero-order valence-electron chi connectivity index (χ0n) is 16.4. The average molecular weight is 386 g/mol. The van der Waals surface area contributed by atoms with Crippen molar-refractivity contribution >= 4 is 5.91 Å². The van der Waals surface area contributed by atoms with E-state index in [9.17, 15) is 4.79 Å². The van der Waals surface area contributed by atoms with Gasteiger partial charge >= 0.3 is 0 Å². The Morgan fingerprint density at radius 3 is 2.46 bits per heavy atom. The van der Waals surface area contributed by atoms with Crippen LogP contribution in [0.5, 0.6) is 0 Å². The van der Waals surface area contributed by atoms with Gasteiger partial charge in [-0.2, -0.15) is 0 Å². The second kappa shape index (κ2) is 9.10. The third-order valence-electron chi connectivity index (χ3n) is 6.12. The van der Waals surface area contributed by atoms with Crippen LogP contribution in [-0.2, 0) is 27.5 Å². The number of hydrogen-bond donors (Lipinski definition) is 2. The van der Waals surface area contributed by atoms with Gasteiger partial charge in [0.05, 0.1) is 13.2 Å². The number of nitrogens with one attached hydrogen (secondary N) is 1. The minimum Gasteiger partial charge on any atom is -0.459 e. The Hall–Kier alpha value is -1.85. The first kappa shape index (κ1) is 19.5. The van der Waals surface area contributed by atoms with Crippen molar-refractivity contribution in [3.8, 4) is 0 Å². The minimum absolute atomic E-state index is 0.0419. The Kier molecular flexibility index (Phi) is 6.33. The lowest BCUT2D eigenvalue weighted by Gasteiger charge is -2.35. The average Bonchev–Trinajstić information content (AvgIpc) is 3.57. The molecule has 0 spiro atoms. The molecule has 1 heterocycles. The van der Waals surface area contributed by atoms with Gasteiger partial charge in [0.2, 0.25) is 6.29 Å². The molecule has 1 aromatic carbocycles. The fraction of sp³-hybridized carbons (Fsp3) is 0.609. The summed E-state index contributed by atoms with van der Waals surface area (Å²) in [4.78, 5) is 12.6. The molecule has 3 aliphatic rings. The molecule has 0 unspecified atom stereocenters. The summed E-state index contributed by atoms with van der Waals surface area (Å²) < 4.78 is 12.0. The van der Waals surface area contributed by atoms with E-state index >= 15 is 0 Å². The maximum Gasteiger partial charge on any atom is 0.286 e. The van der Waals surface area contributed by atoms with E-state index < -0.39 is 6.29 Å². The first-order valence-electron chi connectivity index (χ1n) is 10.7. The van der Waals surface area contributed by atoms with Gasteiger partial charge in [-0.3, -0.25) is 4.79 Å². The predicted molar refractivity (Wildman–Crippen MR) is 106 cm³/mol. The highest BCUT2D eigenvalue weighted by molar-refractivity contribution is 5.92. The number of carbonyl (C=O) groups is 1. The summed E-state index contributed by atoms with van der Waals surface area (Å²) in [6, 6.07) is 8.04. The molecule has 28 heavy (non-hydrogen) atoms. The van der Waals surface area contributed by atoms with Crippen LogP contribution in [0.1, 0.15) is 62.5 Å². The molecule has 0 radical (unpaired) electrons. The molecule has 5 heteroatoms. The lowest BCUT2D eigenvalue weighted by Crippen LogP contribution is -2.36. The monoisotopic (exact) mass is 385 g/mol. The van der Waals surface area contributed by atoms with Crippen LogP contribution < -0.4 is 5.32 Å². The normalized spacial score (nSPS) is 25.7. The van der Waals surface area contributed by atoms with Crippen molar-refractivity contribution in [3.05, 3.63) is 47.2 Å². The van der Waals surface area contributed by atoms with Crippen LogP contribution >= 0.6 is 0 Å². The number of allylic oxidation sites excluding steroid dienone is 1. The minimum atomic E-state index is -0.394. The third-order valence-corrected chi connectivity index (χ3v) is 6.12. The molecule has 0 aromatic heterocycles. The predicted octanol–water partition coefficient (Wildman–Crippen LogP) is 3.80. The van der Waals surface area contributed by atoms with Gasteiger partial charge < -0.3 is 19.9 Å². The van der Waals surface area contributed by atoms with Crippen LogP contribution in [0.4, 0.5) is 0 Å². The molecule has 0 saturated heterocycles. The van der Waals surface area contributed by atoms with Gasteiger partial charge in [0, 0.05) is 12.5 Å². The van der Waals surface area contributed by atoms with Crippen LogP contribution in [0.2, 0.25) is 0 Å². The van der Waals surface area contributed by atoms with Gasteiger partial charge in [-0.05, 0) is 54.7 Å². The number of hydrogen-bond acceptors (Lipinski definition) is 4. The molecular weight excluding hydrogens is 354 g/mol. The third kappa shape index (κ3) is 5.15. The maximum absolute atomic E-state index is 12.6. The molecule has 152 valence electrons. The molecule has 2 N–H and O–H groups in total. The highest BCUT2D eigenvalue weighted by Gasteiger charge is 2.34. The van der Waals surface area contributed by atoms with Crippen molar-refractivity contribution in [2.45, 2.75) is 76.9 Å². The highest BCUT2D eigenvalue weighted by atomic mass is 16.7. The quantitative estimate of drug-likeness (QED) is 0.749. The molecule has 2 fully saturated rings. The summed E-state index contributed by atoms with van der Waals surface area (Å²) in [5.74, 6) is 1.31. The standard InChI is InChI=1S/C23H31NO4/c25-14-16-6-8-17(9-7-16)15-27-22-13-19(18-4-2-1-3-5-18)12-21(28-22)23(26)24-20-10-11-20/h6-9,12,18-20,22,25H,1-5,10-11,13-15H2,(H,24,26)/t19-,22+/m1/s1. The van der Waals surface area contributed by atoms with Gasteiger partial charge in [-0.25, -0.2) is 0 Å². The Labute approximate surface area is 167 Å². The first-order chi connectivity index (χ1) is 13.7. The van der Waals surface area contributed by atoms with Crippen molar-refractivity contribution in [2.75, 3.05) is 0 Å². The van der Waals surface area contributed by atoms with Gasteiger partial charge in [0.25, 0.3) is 5.91 Å². The van der Waals surface area contributed by atoms with E-state index in [1.807, 2.05) is 24.3 Å². The van der Waals surface area contributed by atoms with Crippen LogP contribution in [0.25, 0.3) is 0 Å². The van der Waals surface area contributed by atoms with Gasteiger partial charge in [0.15, 0.2) is 5.76 Å². The van der Waals surface area contributed by atoms with Crippen molar-refractivity contribution in [1.29, 1.82) is 0 Å². The lowest BCUT2D eigenvalue weighted by atomic mass is 9.77. The second-order valence-electron chi connectivity index (χ2n) is 8.41. The number of ether oxygens (including phenoxy) is 2. The number of benzene rings is 1. The maximum atomic E-state index is 12.6. The van der Waals surface area contributed by atoms with Crippen molar-refractivity contribution in [3.63, 3.8) is 0 Å². The molecule has 2 aliphatic carbocycles. The number of rotatable bonds is 7. The fourth-order valence-electron chi connectivity index (χ4n) is 4.25. The molecule has 4 rings (SSSR count). The van der Waals surface area contributed by atoms with E-state index in [1.54, 1.807) is 0 Å². The SMILES string of the molecule is O=C(NC1CC1)C1=C[C@@H](C2CCCCC2)C[C@@H](OCc2ccc(CO)cc2)O1. The summed E-state index contributed by atoms with van der Waals surface area (Å²) >= 11 is 0. The van der Waals surface area contributed by atoms with Crippen molar-refractivity contribution in [1.82, 2.24) is 5.32 Å². The Morgan fingerprint density at radius 1 is 1.07 bits per heavy atom. The molecule has 2 atom stereocenters. The fourth-order valence-corrected chi connectivity index (χ4v) is 4.25. The molecule has 1 aromatic rings. The molecule has 5 nitrogen and oxygen atoms in total. The van der Waals surface area contributed by atoms with E-state index in [1.165, 1.54) is 32.1 Å². The molecule has 0 bridgehead atoms. The number of aliphatic hydroxyl groups is 1. The van der Waals surface area contributed by atoms with E-state index in [0.717, 1.165) is 30.4 Å². The van der Waals surface area contributed by atoms with Crippen LogP contribution in [-0.4, -0.2) is 23.3 Å². The summed E-state index contributed by atoms with van der Waals surface area (Å²) in [5, 5.41) is 12.2. The van der Waals surface area contributed by atoms with Crippen LogP contribution in [0, 0.1) is 11.8 Å². The highest BCUT2D eigenvalue weighted by Crippen LogP contribution is 2.37. The smallest absolute Gasteiger partial charge is 0.286 e. The van der Waals surface area contributed by atoms with E-state index in [4.69, 9.17) is 14.6 Å².